The van der Waals surface area contributed by atoms with Crippen LogP contribution in [0.3, 0.4) is 0 Å². The molecule has 4 heterocycles. The summed E-state index contributed by atoms with van der Waals surface area (Å²) in [5.41, 5.74) is 16.2. The van der Waals surface area contributed by atoms with Crippen LogP contribution in [0.4, 0.5) is 0 Å². The number of para-hydroxylation sites is 3. The van der Waals surface area contributed by atoms with E-state index in [4.69, 9.17) is 4.42 Å². The summed E-state index contributed by atoms with van der Waals surface area (Å²) in [6.45, 7) is 4.39. The summed E-state index contributed by atoms with van der Waals surface area (Å²) in [6, 6.07) is 48.4. The molecule has 0 amide bonds. The molecule has 0 bridgehead atoms. The molecule has 0 saturated carbocycles. The molecule has 0 radical (unpaired) electrons. The van der Waals surface area contributed by atoms with Crippen LogP contribution in [0.1, 0.15) is 11.1 Å². The molecule has 0 N–H and O–H groups in total. The SMILES string of the molecule is Cc1ccccc1-c1cccc2c1oc1c3c4ccccc4n4c5cccc(-c6ccccc6C)c5sc(c5c6ccccc6n2c15)c34. The van der Waals surface area contributed by atoms with Gasteiger partial charge < -0.3 is 13.2 Å². The van der Waals surface area contributed by atoms with Crippen molar-refractivity contribution < 1.29 is 4.42 Å². The van der Waals surface area contributed by atoms with Gasteiger partial charge in [-0.1, -0.05) is 109 Å². The Morgan fingerprint density at radius 2 is 0.938 bits per heavy atom. The Balaban J connectivity index is 1.46. The van der Waals surface area contributed by atoms with Crippen LogP contribution in [-0.4, -0.2) is 8.80 Å². The minimum absolute atomic E-state index is 0.903. The number of rotatable bonds is 2. The normalized spacial score (nSPS) is 12.4. The maximum Gasteiger partial charge on any atom is 0.162 e. The topological polar surface area (TPSA) is 22.0 Å². The lowest BCUT2D eigenvalue weighted by Crippen LogP contribution is -1.94. The van der Waals surface area contributed by atoms with E-state index in [1.807, 2.05) is 11.3 Å². The van der Waals surface area contributed by atoms with Gasteiger partial charge >= 0.3 is 0 Å². The van der Waals surface area contributed by atoms with Crippen molar-refractivity contribution in [1.82, 2.24) is 8.80 Å². The monoisotopic (exact) mass is 632 g/mol. The van der Waals surface area contributed by atoms with Crippen LogP contribution < -0.4 is 0 Å². The van der Waals surface area contributed by atoms with Crippen molar-refractivity contribution in [2.24, 2.45) is 0 Å². The molecule has 0 spiro atoms. The molecular weight excluding hydrogens is 605 g/mol. The van der Waals surface area contributed by atoms with Crippen LogP contribution in [0.2, 0.25) is 0 Å². The second-order valence-corrected chi connectivity index (χ2v) is 14.0. The third-order valence-electron chi connectivity index (χ3n) is 10.4. The van der Waals surface area contributed by atoms with Gasteiger partial charge in [-0.25, -0.2) is 0 Å². The highest BCUT2D eigenvalue weighted by molar-refractivity contribution is 7.26. The lowest BCUT2D eigenvalue weighted by Gasteiger charge is -2.15. The van der Waals surface area contributed by atoms with E-state index in [1.54, 1.807) is 0 Å². The average Bonchev–Trinajstić information content (AvgIpc) is 3.66. The van der Waals surface area contributed by atoms with Gasteiger partial charge in [0.2, 0.25) is 0 Å². The largest absolute Gasteiger partial charge is 0.452 e. The first-order valence-corrected chi connectivity index (χ1v) is 17.3. The van der Waals surface area contributed by atoms with Crippen molar-refractivity contribution in [3.63, 3.8) is 0 Å². The first-order valence-electron chi connectivity index (χ1n) is 16.5. The Bertz CT molecular complexity index is 2930. The highest BCUT2D eigenvalue weighted by atomic mass is 32.1. The minimum Gasteiger partial charge on any atom is -0.452 e. The fraction of sp³-hybridized carbons (Fsp3) is 0.0455. The van der Waals surface area contributed by atoms with Crippen molar-refractivity contribution in [1.29, 1.82) is 0 Å². The molecule has 0 aliphatic rings. The van der Waals surface area contributed by atoms with E-state index in [1.165, 1.54) is 80.8 Å². The van der Waals surface area contributed by atoms with Crippen LogP contribution in [0.25, 0.3) is 97.5 Å². The van der Waals surface area contributed by atoms with Gasteiger partial charge in [-0.15, -0.1) is 11.3 Å². The van der Waals surface area contributed by atoms with E-state index in [0.29, 0.717) is 0 Å². The number of fused-ring (bicyclic) bond motifs is 12. The molecule has 11 aromatic rings. The Labute approximate surface area is 279 Å². The van der Waals surface area contributed by atoms with Crippen molar-refractivity contribution in [2.75, 3.05) is 0 Å². The zero-order chi connectivity index (χ0) is 31.7. The predicted molar refractivity (Wildman–Crippen MR) is 204 cm³/mol. The van der Waals surface area contributed by atoms with Crippen LogP contribution in [0.15, 0.2) is 138 Å². The number of aromatic nitrogens is 2. The Hall–Kier alpha value is -5.84. The average molecular weight is 633 g/mol. The first-order chi connectivity index (χ1) is 23.7. The van der Waals surface area contributed by atoms with E-state index in [0.717, 1.165) is 27.8 Å². The standard InChI is InChI=1S/C44H28N2OS/c1-25-13-3-5-15-27(25)29-19-11-23-35-41(29)47-42-37-31-17-7-9-21-33(31)46-36-24-12-20-30(28-16-6-4-14-26(28)2)43(36)48-44(40(37)46)38-32-18-8-10-22-34(32)45(35)39(38)42/h3-24H,1-2H3. The molecule has 4 aromatic heterocycles. The quantitative estimate of drug-likeness (QED) is 0.174. The van der Waals surface area contributed by atoms with Gasteiger partial charge in [0.05, 0.1) is 47.9 Å². The van der Waals surface area contributed by atoms with Gasteiger partial charge in [-0.3, -0.25) is 0 Å². The summed E-state index contributed by atoms with van der Waals surface area (Å²) >= 11 is 1.91. The summed E-state index contributed by atoms with van der Waals surface area (Å²) in [6.07, 6.45) is 0. The zero-order valence-electron chi connectivity index (χ0n) is 26.4. The van der Waals surface area contributed by atoms with Crippen LogP contribution in [0.5, 0.6) is 0 Å². The van der Waals surface area contributed by atoms with E-state index in [9.17, 15) is 0 Å². The lowest BCUT2D eigenvalue weighted by atomic mass is 9.99. The highest BCUT2D eigenvalue weighted by Crippen LogP contribution is 2.50. The summed E-state index contributed by atoms with van der Waals surface area (Å²) in [5, 5.41) is 4.86. The van der Waals surface area contributed by atoms with Gasteiger partial charge in [0, 0.05) is 27.3 Å². The number of benzene rings is 7. The molecule has 0 atom stereocenters. The first kappa shape index (κ1) is 26.3. The Morgan fingerprint density at radius 1 is 0.417 bits per heavy atom. The summed E-state index contributed by atoms with van der Waals surface area (Å²) < 4.78 is 14.9. The number of hydrogen-bond acceptors (Lipinski definition) is 2. The summed E-state index contributed by atoms with van der Waals surface area (Å²) in [7, 11) is 0. The lowest BCUT2D eigenvalue weighted by molar-refractivity contribution is 0.661. The van der Waals surface area contributed by atoms with Gasteiger partial charge in [-0.05, 0) is 60.4 Å². The Kier molecular flexibility index (Phi) is 5.13. The number of hydrogen-bond donors (Lipinski definition) is 0. The number of aryl methyl sites for hydroxylation is 2. The molecule has 0 aliphatic heterocycles. The summed E-state index contributed by atoms with van der Waals surface area (Å²) in [4.78, 5) is 0. The molecule has 4 heteroatoms. The second kappa shape index (κ2) is 9.37. The van der Waals surface area contributed by atoms with Crippen LogP contribution in [0, 0.1) is 13.8 Å². The third-order valence-corrected chi connectivity index (χ3v) is 11.6. The fourth-order valence-corrected chi connectivity index (χ4v) is 9.66. The molecule has 226 valence electrons. The van der Waals surface area contributed by atoms with E-state index in [-0.39, 0.29) is 0 Å². The zero-order valence-corrected chi connectivity index (χ0v) is 27.2. The van der Waals surface area contributed by atoms with Crippen molar-refractivity contribution in [2.45, 2.75) is 13.8 Å². The fourth-order valence-electron chi connectivity index (χ4n) is 8.30. The maximum absolute atomic E-state index is 7.33. The molecular formula is C44H28N2OS. The van der Waals surface area contributed by atoms with Crippen LogP contribution in [-0.2, 0) is 0 Å². The number of nitrogens with zero attached hydrogens (tertiary/aromatic N) is 2. The van der Waals surface area contributed by atoms with Gasteiger partial charge in [0.25, 0.3) is 0 Å². The third kappa shape index (κ3) is 3.23. The smallest absolute Gasteiger partial charge is 0.162 e. The Morgan fingerprint density at radius 3 is 1.65 bits per heavy atom. The van der Waals surface area contributed by atoms with Crippen molar-refractivity contribution >= 4 is 86.5 Å². The van der Waals surface area contributed by atoms with E-state index < -0.39 is 0 Å². The van der Waals surface area contributed by atoms with Crippen molar-refractivity contribution in [3.8, 4) is 22.3 Å². The molecule has 11 rings (SSSR count). The second-order valence-electron chi connectivity index (χ2n) is 13.0. The summed E-state index contributed by atoms with van der Waals surface area (Å²) in [5.74, 6) is 0. The predicted octanol–water partition coefficient (Wildman–Crippen LogP) is 12.7. The minimum atomic E-state index is 0.903. The van der Waals surface area contributed by atoms with Gasteiger partial charge in [0.1, 0.15) is 0 Å². The maximum atomic E-state index is 7.33. The molecule has 7 aromatic carbocycles. The van der Waals surface area contributed by atoms with Crippen LogP contribution >= 0.6 is 11.3 Å². The van der Waals surface area contributed by atoms with Gasteiger partial charge in [0.15, 0.2) is 11.2 Å². The molecule has 0 fully saturated rings. The van der Waals surface area contributed by atoms with E-state index in [2.05, 4.69) is 156 Å². The highest BCUT2D eigenvalue weighted by Gasteiger charge is 2.27. The molecule has 0 unspecified atom stereocenters. The molecule has 0 aliphatic carbocycles. The van der Waals surface area contributed by atoms with Gasteiger partial charge in [-0.2, -0.15) is 0 Å². The van der Waals surface area contributed by atoms with E-state index >= 15 is 0 Å². The molecule has 0 saturated heterocycles. The molecule has 48 heavy (non-hydrogen) atoms. The van der Waals surface area contributed by atoms with Crippen molar-refractivity contribution in [3.05, 3.63) is 145 Å². The molecule has 3 nitrogen and oxygen atoms in total.